The molecule has 1 aromatic carbocycles. The molecule has 0 radical (unpaired) electrons. The number of nitrogens with one attached hydrogen (secondary N) is 2. The van der Waals surface area contributed by atoms with Crippen LogP contribution in [0.15, 0.2) is 36.5 Å². The Bertz CT molecular complexity index is 615. The maximum Gasteiger partial charge on any atom is 0.259 e. The van der Waals surface area contributed by atoms with Crippen LogP contribution in [0.3, 0.4) is 0 Å². The van der Waals surface area contributed by atoms with E-state index in [0.29, 0.717) is 22.1 Å². The zero-order valence-corrected chi connectivity index (χ0v) is 11.0. The zero-order valence-electron chi connectivity index (χ0n) is 10.3. The molecule has 0 fully saturated rings. The lowest BCUT2D eigenvalue weighted by atomic mass is 10.1. The van der Waals surface area contributed by atoms with Crippen LogP contribution in [0.4, 0.5) is 11.5 Å². The van der Waals surface area contributed by atoms with E-state index in [9.17, 15) is 4.79 Å². The van der Waals surface area contributed by atoms with Gasteiger partial charge in [-0.15, -0.1) is 0 Å². The van der Waals surface area contributed by atoms with Crippen molar-refractivity contribution in [3.05, 3.63) is 52.7 Å². The first kappa shape index (κ1) is 13.3. The van der Waals surface area contributed by atoms with Crippen molar-refractivity contribution in [2.75, 3.05) is 10.7 Å². The van der Waals surface area contributed by atoms with Crippen molar-refractivity contribution < 1.29 is 4.79 Å². The highest BCUT2D eigenvalue weighted by atomic mass is 35.5. The molecule has 4 N–H and O–H groups in total. The Balaban J connectivity index is 2.30. The van der Waals surface area contributed by atoms with Gasteiger partial charge in [0.2, 0.25) is 0 Å². The standard InChI is InChI=1S/C13H13ClN4O/c1-8-3-2-6-16-12(8)17-13(19)10-7-9(14)4-5-11(10)18-15/h2-7,18H,15H2,1H3,(H,16,17,19). The van der Waals surface area contributed by atoms with Crippen molar-refractivity contribution in [2.24, 2.45) is 5.84 Å². The molecule has 0 aliphatic rings. The van der Waals surface area contributed by atoms with Crippen LogP contribution < -0.4 is 16.6 Å². The Morgan fingerprint density at radius 3 is 2.84 bits per heavy atom. The van der Waals surface area contributed by atoms with Crippen molar-refractivity contribution in [2.45, 2.75) is 6.92 Å². The summed E-state index contributed by atoms with van der Waals surface area (Å²) in [5.41, 5.74) is 4.20. The van der Waals surface area contributed by atoms with E-state index in [4.69, 9.17) is 17.4 Å². The van der Waals surface area contributed by atoms with Gasteiger partial charge in [-0.2, -0.15) is 0 Å². The molecule has 0 bridgehead atoms. The van der Waals surface area contributed by atoms with E-state index < -0.39 is 0 Å². The van der Waals surface area contributed by atoms with Crippen molar-refractivity contribution >= 4 is 29.0 Å². The molecule has 98 valence electrons. The first-order valence-corrected chi connectivity index (χ1v) is 5.98. The Labute approximate surface area is 115 Å². The lowest BCUT2D eigenvalue weighted by molar-refractivity contribution is 0.102. The minimum Gasteiger partial charge on any atom is -0.323 e. The number of amides is 1. The minimum absolute atomic E-state index is 0.322. The summed E-state index contributed by atoms with van der Waals surface area (Å²) in [6.45, 7) is 1.86. The molecule has 1 amide bonds. The van der Waals surface area contributed by atoms with Gasteiger partial charge in [0.05, 0.1) is 11.3 Å². The number of nitrogens with zero attached hydrogens (tertiary/aromatic N) is 1. The summed E-state index contributed by atoms with van der Waals surface area (Å²) in [7, 11) is 0. The Kier molecular flexibility index (Phi) is 3.99. The number of halogens is 1. The lowest BCUT2D eigenvalue weighted by Gasteiger charge is -2.10. The number of aromatic nitrogens is 1. The molecule has 0 unspecified atom stereocenters. The lowest BCUT2D eigenvalue weighted by Crippen LogP contribution is -2.18. The van der Waals surface area contributed by atoms with E-state index in [2.05, 4.69) is 15.7 Å². The molecule has 0 aliphatic heterocycles. The topological polar surface area (TPSA) is 80.0 Å². The molecule has 19 heavy (non-hydrogen) atoms. The van der Waals surface area contributed by atoms with Crippen LogP contribution >= 0.6 is 11.6 Å². The van der Waals surface area contributed by atoms with Crippen LogP contribution in [-0.4, -0.2) is 10.9 Å². The second-order valence-corrected chi connectivity index (χ2v) is 4.39. The van der Waals surface area contributed by atoms with Crippen molar-refractivity contribution in [1.82, 2.24) is 4.98 Å². The summed E-state index contributed by atoms with van der Waals surface area (Å²) < 4.78 is 0. The number of nitrogens with two attached hydrogens (primary N) is 1. The zero-order chi connectivity index (χ0) is 13.8. The van der Waals surface area contributed by atoms with E-state index in [1.807, 2.05) is 13.0 Å². The predicted octanol–water partition coefficient (Wildman–Crippen LogP) is 2.58. The van der Waals surface area contributed by atoms with Crippen LogP contribution in [-0.2, 0) is 0 Å². The number of pyridine rings is 1. The van der Waals surface area contributed by atoms with Gasteiger partial charge in [-0.1, -0.05) is 17.7 Å². The average molecular weight is 277 g/mol. The first-order valence-electron chi connectivity index (χ1n) is 5.61. The summed E-state index contributed by atoms with van der Waals surface area (Å²) in [5.74, 6) is 5.56. The van der Waals surface area contributed by atoms with Crippen LogP contribution in [0.5, 0.6) is 0 Å². The molecule has 1 heterocycles. The molecule has 2 aromatic rings. The van der Waals surface area contributed by atoms with Crippen LogP contribution in [0.1, 0.15) is 15.9 Å². The molecule has 5 nitrogen and oxygen atoms in total. The molecular formula is C13H13ClN4O. The van der Waals surface area contributed by atoms with Gasteiger partial charge in [0.1, 0.15) is 5.82 Å². The third kappa shape index (κ3) is 3.01. The second-order valence-electron chi connectivity index (χ2n) is 3.96. The molecule has 1 aromatic heterocycles. The molecule has 6 heteroatoms. The summed E-state index contributed by atoms with van der Waals surface area (Å²) in [6, 6.07) is 8.51. The summed E-state index contributed by atoms with van der Waals surface area (Å²) in [5, 5.41) is 3.18. The first-order chi connectivity index (χ1) is 9.11. The molecule has 0 saturated heterocycles. The molecule has 0 saturated carbocycles. The van der Waals surface area contributed by atoms with Gasteiger partial charge in [0.25, 0.3) is 5.91 Å². The summed E-state index contributed by atoms with van der Waals surface area (Å²) >= 11 is 5.89. The number of hydrogen-bond donors (Lipinski definition) is 3. The predicted molar refractivity (Wildman–Crippen MR) is 76.2 cm³/mol. The fourth-order valence-corrected chi connectivity index (χ4v) is 1.79. The van der Waals surface area contributed by atoms with Gasteiger partial charge in [-0.05, 0) is 36.8 Å². The van der Waals surface area contributed by atoms with Crippen LogP contribution in [0.2, 0.25) is 5.02 Å². The van der Waals surface area contributed by atoms with Gasteiger partial charge >= 0.3 is 0 Å². The molecule has 0 spiro atoms. The van der Waals surface area contributed by atoms with E-state index >= 15 is 0 Å². The van der Waals surface area contributed by atoms with Crippen LogP contribution in [0.25, 0.3) is 0 Å². The van der Waals surface area contributed by atoms with Gasteiger partial charge in [0.15, 0.2) is 0 Å². The SMILES string of the molecule is Cc1cccnc1NC(=O)c1cc(Cl)ccc1NN. The minimum atomic E-state index is -0.322. The average Bonchev–Trinajstić information content (AvgIpc) is 2.41. The van der Waals surface area contributed by atoms with E-state index in [-0.39, 0.29) is 5.91 Å². The number of anilines is 2. The fourth-order valence-electron chi connectivity index (χ4n) is 1.62. The third-order valence-corrected chi connectivity index (χ3v) is 2.86. The quantitative estimate of drug-likeness (QED) is 0.595. The van der Waals surface area contributed by atoms with E-state index in [1.54, 1.807) is 30.5 Å². The molecular weight excluding hydrogens is 264 g/mol. The summed E-state index contributed by atoms with van der Waals surface area (Å²) in [6.07, 6.45) is 1.61. The normalized spacial score (nSPS) is 10.1. The smallest absolute Gasteiger partial charge is 0.259 e. The highest BCUT2D eigenvalue weighted by Gasteiger charge is 2.13. The van der Waals surface area contributed by atoms with Crippen molar-refractivity contribution in [3.8, 4) is 0 Å². The van der Waals surface area contributed by atoms with Crippen molar-refractivity contribution in [1.29, 1.82) is 0 Å². The van der Waals surface area contributed by atoms with E-state index in [0.717, 1.165) is 5.56 Å². The van der Waals surface area contributed by atoms with Gasteiger partial charge in [-0.25, -0.2) is 4.98 Å². The fraction of sp³-hybridized carbons (Fsp3) is 0.0769. The highest BCUT2D eigenvalue weighted by Crippen LogP contribution is 2.21. The Morgan fingerprint density at radius 1 is 1.37 bits per heavy atom. The number of nitrogen functional groups attached to an aromatic ring is 1. The number of hydrogen-bond acceptors (Lipinski definition) is 4. The molecule has 2 rings (SSSR count). The molecule has 0 atom stereocenters. The number of benzene rings is 1. The molecule has 0 aliphatic carbocycles. The highest BCUT2D eigenvalue weighted by molar-refractivity contribution is 6.31. The number of carbonyl (C=O) groups excluding carboxylic acids is 1. The maximum absolute atomic E-state index is 12.2. The maximum atomic E-state index is 12.2. The third-order valence-electron chi connectivity index (χ3n) is 2.62. The largest absolute Gasteiger partial charge is 0.323 e. The van der Waals surface area contributed by atoms with Crippen LogP contribution in [0, 0.1) is 6.92 Å². The second kappa shape index (κ2) is 5.69. The number of aryl methyl sites for hydroxylation is 1. The van der Waals surface area contributed by atoms with Gasteiger partial charge < -0.3 is 10.7 Å². The Morgan fingerprint density at radius 2 is 2.16 bits per heavy atom. The monoisotopic (exact) mass is 276 g/mol. The van der Waals surface area contributed by atoms with Crippen molar-refractivity contribution in [3.63, 3.8) is 0 Å². The summed E-state index contributed by atoms with van der Waals surface area (Å²) in [4.78, 5) is 16.3. The van der Waals surface area contributed by atoms with Gasteiger partial charge in [0, 0.05) is 11.2 Å². The number of carbonyl (C=O) groups is 1. The van der Waals surface area contributed by atoms with Gasteiger partial charge in [-0.3, -0.25) is 10.6 Å². The Hall–Kier alpha value is -2.11. The number of rotatable bonds is 3. The van der Waals surface area contributed by atoms with E-state index in [1.165, 1.54) is 0 Å². The number of hydrazine groups is 1.